The summed E-state index contributed by atoms with van der Waals surface area (Å²) in [7, 11) is -3.12. The van der Waals surface area contributed by atoms with Gasteiger partial charge in [0.05, 0.1) is 18.4 Å². The Kier molecular flexibility index (Phi) is 4.49. The summed E-state index contributed by atoms with van der Waals surface area (Å²) in [6.45, 7) is 0.166. The van der Waals surface area contributed by atoms with Crippen molar-refractivity contribution in [3.8, 4) is 0 Å². The van der Waals surface area contributed by atoms with E-state index in [4.69, 9.17) is 0 Å². The standard InChI is InChI=1S/C16H19N7O4S/c1-28(26,27)5-4-17-15-21-13-10(6-9-7-12(24)20-14(9)25)8-18-23(13)16(22-15)19-11-2-3-11/h6,8,11H,2-5,7H2,1H3,(H,20,24,25)(H2,17,19,21,22)/b9-6+. The molecule has 28 heavy (non-hydrogen) atoms. The third kappa shape index (κ3) is 4.11. The minimum Gasteiger partial charge on any atom is -0.353 e. The van der Waals surface area contributed by atoms with Crippen LogP contribution in [0.1, 0.15) is 24.8 Å². The SMILES string of the molecule is CS(=O)(=O)CCNc1nc(NC2CC2)n2ncc(/C=C3\CC(=O)NC3=O)c2n1. The molecule has 1 saturated heterocycles. The molecule has 0 bridgehead atoms. The van der Waals surface area contributed by atoms with E-state index >= 15 is 0 Å². The zero-order valence-electron chi connectivity index (χ0n) is 15.1. The molecule has 11 nitrogen and oxygen atoms in total. The van der Waals surface area contributed by atoms with Gasteiger partial charge in [-0.3, -0.25) is 14.9 Å². The van der Waals surface area contributed by atoms with Gasteiger partial charge in [-0.1, -0.05) is 0 Å². The number of carbonyl (C=O) groups excluding carboxylic acids is 2. The van der Waals surface area contributed by atoms with Crippen LogP contribution in [0.15, 0.2) is 11.8 Å². The number of nitrogens with one attached hydrogen (secondary N) is 3. The summed E-state index contributed by atoms with van der Waals surface area (Å²) in [4.78, 5) is 32.0. The zero-order chi connectivity index (χ0) is 19.9. The van der Waals surface area contributed by atoms with Gasteiger partial charge in [0.15, 0.2) is 5.65 Å². The molecule has 0 unspecified atom stereocenters. The lowest BCUT2D eigenvalue weighted by atomic mass is 10.1. The first-order chi connectivity index (χ1) is 13.3. The summed E-state index contributed by atoms with van der Waals surface area (Å²) in [6, 6.07) is 0.311. The molecule has 3 heterocycles. The van der Waals surface area contributed by atoms with Crippen molar-refractivity contribution in [1.82, 2.24) is 24.9 Å². The van der Waals surface area contributed by atoms with E-state index in [0.29, 0.717) is 28.8 Å². The zero-order valence-corrected chi connectivity index (χ0v) is 15.9. The number of fused-ring (bicyclic) bond motifs is 1. The van der Waals surface area contributed by atoms with Gasteiger partial charge in [-0.15, -0.1) is 0 Å². The number of amides is 2. The Labute approximate surface area is 160 Å². The van der Waals surface area contributed by atoms with Gasteiger partial charge < -0.3 is 10.6 Å². The molecule has 2 amide bonds. The van der Waals surface area contributed by atoms with Crippen LogP contribution in [-0.2, 0) is 19.4 Å². The average molecular weight is 405 g/mol. The second kappa shape index (κ2) is 6.86. The van der Waals surface area contributed by atoms with Gasteiger partial charge in [-0.25, -0.2) is 8.42 Å². The minimum atomic E-state index is -3.12. The van der Waals surface area contributed by atoms with E-state index in [1.54, 1.807) is 12.3 Å². The lowest BCUT2D eigenvalue weighted by molar-refractivity contribution is -0.124. The van der Waals surface area contributed by atoms with Crippen LogP contribution in [0.3, 0.4) is 0 Å². The van der Waals surface area contributed by atoms with Crippen molar-refractivity contribution in [2.45, 2.75) is 25.3 Å². The first kappa shape index (κ1) is 18.3. The highest BCUT2D eigenvalue weighted by atomic mass is 32.2. The number of carbonyl (C=O) groups is 2. The summed E-state index contributed by atoms with van der Waals surface area (Å²) in [5.74, 6) is -0.0917. The van der Waals surface area contributed by atoms with Crippen molar-refractivity contribution in [1.29, 1.82) is 0 Å². The molecule has 4 rings (SSSR count). The summed E-state index contributed by atoms with van der Waals surface area (Å²) in [6.07, 6.45) is 6.36. The molecule has 1 aliphatic carbocycles. The van der Waals surface area contributed by atoms with Gasteiger partial charge in [-0.2, -0.15) is 19.6 Å². The molecule has 0 radical (unpaired) electrons. The van der Waals surface area contributed by atoms with Crippen LogP contribution >= 0.6 is 0 Å². The molecule has 0 aromatic carbocycles. The highest BCUT2D eigenvalue weighted by molar-refractivity contribution is 7.90. The van der Waals surface area contributed by atoms with Crippen molar-refractivity contribution >= 4 is 45.3 Å². The van der Waals surface area contributed by atoms with Crippen LogP contribution in [0.2, 0.25) is 0 Å². The Balaban J connectivity index is 1.69. The monoisotopic (exact) mass is 405 g/mol. The van der Waals surface area contributed by atoms with E-state index in [9.17, 15) is 18.0 Å². The topological polar surface area (TPSA) is 147 Å². The smallest absolute Gasteiger partial charge is 0.254 e. The fraction of sp³-hybridized carbons (Fsp3) is 0.438. The maximum absolute atomic E-state index is 11.8. The summed E-state index contributed by atoms with van der Waals surface area (Å²) >= 11 is 0. The maximum atomic E-state index is 11.8. The van der Waals surface area contributed by atoms with Gasteiger partial charge in [0.1, 0.15) is 9.84 Å². The molecule has 2 aromatic rings. The molecule has 12 heteroatoms. The number of sulfone groups is 1. The van der Waals surface area contributed by atoms with Crippen molar-refractivity contribution in [2.75, 3.05) is 29.2 Å². The van der Waals surface area contributed by atoms with Crippen molar-refractivity contribution in [3.05, 3.63) is 17.3 Å². The molecule has 0 atom stereocenters. The molecule has 148 valence electrons. The molecule has 2 fully saturated rings. The lowest BCUT2D eigenvalue weighted by Crippen LogP contribution is -2.19. The second-order valence-corrected chi connectivity index (χ2v) is 9.16. The lowest BCUT2D eigenvalue weighted by Gasteiger charge is -2.10. The number of imide groups is 1. The average Bonchev–Trinajstić information content (AvgIpc) is 3.23. The number of nitrogens with zero attached hydrogens (tertiary/aromatic N) is 4. The van der Waals surface area contributed by atoms with Gasteiger partial charge in [0, 0.05) is 30.0 Å². The van der Waals surface area contributed by atoms with Crippen LogP contribution < -0.4 is 16.0 Å². The van der Waals surface area contributed by atoms with Crippen LogP contribution in [0, 0.1) is 0 Å². The van der Waals surface area contributed by atoms with Crippen molar-refractivity contribution in [3.63, 3.8) is 0 Å². The summed E-state index contributed by atoms with van der Waals surface area (Å²) in [5, 5.41) is 12.7. The molecular formula is C16H19N7O4S. The summed E-state index contributed by atoms with van der Waals surface area (Å²) in [5.41, 5.74) is 1.34. The Bertz CT molecular complexity index is 1100. The second-order valence-electron chi connectivity index (χ2n) is 6.91. The Morgan fingerprint density at radius 2 is 2.11 bits per heavy atom. The highest BCUT2D eigenvalue weighted by Crippen LogP contribution is 2.26. The van der Waals surface area contributed by atoms with Crippen molar-refractivity contribution in [2.24, 2.45) is 0 Å². The third-order valence-electron chi connectivity index (χ3n) is 4.29. The van der Waals surface area contributed by atoms with Gasteiger partial charge >= 0.3 is 0 Å². The fourth-order valence-corrected chi connectivity index (χ4v) is 3.21. The molecule has 2 aromatic heterocycles. The Hall–Kier alpha value is -3.02. The van der Waals surface area contributed by atoms with Crippen LogP contribution in [0.5, 0.6) is 0 Å². The molecule has 3 N–H and O–H groups in total. The fourth-order valence-electron chi connectivity index (χ4n) is 2.74. The van der Waals surface area contributed by atoms with Crippen LogP contribution in [0.4, 0.5) is 11.9 Å². The first-order valence-electron chi connectivity index (χ1n) is 8.77. The molecule has 1 aliphatic heterocycles. The maximum Gasteiger partial charge on any atom is 0.254 e. The number of aromatic nitrogens is 4. The quantitative estimate of drug-likeness (QED) is 0.413. The minimum absolute atomic E-state index is 0.00784. The van der Waals surface area contributed by atoms with Gasteiger partial charge in [0.2, 0.25) is 17.8 Å². The first-order valence-corrected chi connectivity index (χ1v) is 10.8. The van der Waals surface area contributed by atoms with E-state index in [2.05, 4.69) is 31.0 Å². The molecule has 1 saturated carbocycles. The van der Waals surface area contributed by atoms with Crippen molar-refractivity contribution < 1.29 is 18.0 Å². The van der Waals surface area contributed by atoms with Crippen LogP contribution in [-0.4, -0.2) is 64.4 Å². The van der Waals surface area contributed by atoms with E-state index in [1.165, 1.54) is 4.52 Å². The number of anilines is 2. The number of hydrogen-bond donors (Lipinski definition) is 3. The largest absolute Gasteiger partial charge is 0.353 e. The molecule has 0 spiro atoms. The van der Waals surface area contributed by atoms with E-state index < -0.39 is 15.7 Å². The Morgan fingerprint density at radius 3 is 2.75 bits per heavy atom. The normalized spacial score (nSPS) is 18.7. The third-order valence-corrected chi connectivity index (χ3v) is 5.23. The Morgan fingerprint density at radius 1 is 1.32 bits per heavy atom. The highest BCUT2D eigenvalue weighted by Gasteiger charge is 2.26. The molecule has 2 aliphatic rings. The van der Waals surface area contributed by atoms with E-state index in [0.717, 1.165) is 19.1 Å². The molecular weight excluding hydrogens is 386 g/mol. The number of rotatable bonds is 7. The van der Waals surface area contributed by atoms with E-state index in [-0.39, 0.29) is 30.6 Å². The predicted octanol–water partition coefficient (Wildman–Crippen LogP) is -0.415. The predicted molar refractivity (Wildman–Crippen MR) is 101 cm³/mol. The van der Waals surface area contributed by atoms with Crippen LogP contribution in [0.25, 0.3) is 11.7 Å². The van der Waals surface area contributed by atoms with Gasteiger partial charge in [0.25, 0.3) is 5.91 Å². The van der Waals surface area contributed by atoms with Gasteiger partial charge in [-0.05, 0) is 18.9 Å². The summed E-state index contributed by atoms with van der Waals surface area (Å²) < 4.78 is 24.2. The number of hydrogen-bond acceptors (Lipinski definition) is 9. The van der Waals surface area contributed by atoms with E-state index in [1.807, 2.05) is 0 Å².